The second-order valence-electron chi connectivity index (χ2n) is 5.89. The lowest BCUT2D eigenvalue weighted by Gasteiger charge is -2.36. The largest absolute Gasteiger partial charge is 0.343 e. The molecule has 2 fully saturated rings. The normalized spacial score (nSPS) is 31.2. The number of hydrogen-bond donors (Lipinski definition) is 1. The molecular formula is C14H26N2O. The predicted molar refractivity (Wildman–Crippen MR) is 69.8 cm³/mol. The Morgan fingerprint density at radius 3 is 2.24 bits per heavy atom. The summed E-state index contributed by atoms with van der Waals surface area (Å²) in [5, 5.41) is 3.32. The highest BCUT2D eigenvalue weighted by Crippen LogP contribution is 2.28. The molecule has 0 bridgehead atoms. The van der Waals surface area contributed by atoms with Gasteiger partial charge in [-0.25, -0.2) is 0 Å². The van der Waals surface area contributed by atoms with Crippen LogP contribution in [0.25, 0.3) is 0 Å². The van der Waals surface area contributed by atoms with Crippen LogP contribution in [0.4, 0.5) is 0 Å². The van der Waals surface area contributed by atoms with E-state index in [0.29, 0.717) is 11.9 Å². The van der Waals surface area contributed by atoms with Crippen molar-refractivity contribution in [3.8, 4) is 0 Å². The van der Waals surface area contributed by atoms with Gasteiger partial charge in [-0.1, -0.05) is 6.92 Å². The van der Waals surface area contributed by atoms with Crippen LogP contribution in [0.2, 0.25) is 0 Å². The van der Waals surface area contributed by atoms with Gasteiger partial charge in [0.15, 0.2) is 0 Å². The monoisotopic (exact) mass is 238 g/mol. The molecule has 0 aromatic rings. The molecule has 3 heteroatoms. The minimum Gasteiger partial charge on any atom is -0.343 e. The topological polar surface area (TPSA) is 32.3 Å². The van der Waals surface area contributed by atoms with Crippen LogP contribution in [0.1, 0.15) is 45.4 Å². The van der Waals surface area contributed by atoms with Crippen LogP contribution in [0.5, 0.6) is 0 Å². The Labute approximate surface area is 105 Å². The molecule has 0 aromatic carbocycles. The molecule has 2 aliphatic rings. The zero-order valence-corrected chi connectivity index (χ0v) is 11.2. The Hall–Kier alpha value is -0.570. The molecule has 0 aromatic heterocycles. The third-order valence-corrected chi connectivity index (χ3v) is 4.57. The number of carbonyl (C=O) groups excluding carboxylic acids is 1. The van der Waals surface area contributed by atoms with Crippen molar-refractivity contribution in [1.82, 2.24) is 10.2 Å². The van der Waals surface area contributed by atoms with Crippen LogP contribution in [0.3, 0.4) is 0 Å². The molecule has 1 aliphatic heterocycles. The minimum absolute atomic E-state index is 0.278. The van der Waals surface area contributed by atoms with Gasteiger partial charge in [-0.2, -0.15) is 0 Å². The summed E-state index contributed by atoms with van der Waals surface area (Å²) in [5.74, 6) is 1.53. The highest BCUT2D eigenvalue weighted by atomic mass is 16.2. The maximum Gasteiger partial charge on any atom is 0.225 e. The zero-order valence-electron chi connectivity index (χ0n) is 11.2. The Morgan fingerprint density at radius 2 is 1.65 bits per heavy atom. The second-order valence-corrected chi connectivity index (χ2v) is 5.89. The summed E-state index contributed by atoms with van der Waals surface area (Å²) in [7, 11) is 2.02. The van der Waals surface area contributed by atoms with Crippen LogP contribution >= 0.6 is 0 Å². The zero-order chi connectivity index (χ0) is 12.3. The van der Waals surface area contributed by atoms with E-state index < -0.39 is 0 Å². The summed E-state index contributed by atoms with van der Waals surface area (Å²) in [6, 6.07) is 0.508. The molecular weight excluding hydrogens is 212 g/mol. The molecule has 1 amide bonds. The predicted octanol–water partition coefficient (Wildman–Crippen LogP) is 2.02. The Bertz CT molecular complexity index is 253. The molecule has 0 unspecified atom stereocenters. The Kier molecular flexibility index (Phi) is 4.43. The molecule has 1 saturated carbocycles. The van der Waals surface area contributed by atoms with Crippen LogP contribution in [-0.4, -0.2) is 37.0 Å². The first-order valence-electron chi connectivity index (χ1n) is 7.16. The molecule has 2 rings (SSSR count). The van der Waals surface area contributed by atoms with E-state index in [4.69, 9.17) is 0 Å². The summed E-state index contributed by atoms with van der Waals surface area (Å²) in [5.41, 5.74) is 0. The lowest BCUT2D eigenvalue weighted by Crippen LogP contribution is -2.45. The van der Waals surface area contributed by atoms with E-state index in [1.165, 1.54) is 25.7 Å². The van der Waals surface area contributed by atoms with E-state index in [-0.39, 0.29) is 5.92 Å². The Balaban J connectivity index is 1.85. The summed E-state index contributed by atoms with van der Waals surface area (Å²) in [4.78, 5) is 14.4. The molecule has 0 radical (unpaired) electrons. The fraction of sp³-hybridized carbons (Fsp3) is 0.929. The molecule has 1 heterocycles. The van der Waals surface area contributed by atoms with Crippen LogP contribution in [-0.2, 0) is 4.79 Å². The van der Waals surface area contributed by atoms with Crippen molar-refractivity contribution in [2.24, 2.45) is 11.8 Å². The molecule has 98 valence electrons. The van der Waals surface area contributed by atoms with Gasteiger partial charge >= 0.3 is 0 Å². The van der Waals surface area contributed by atoms with Gasteiger partial charge in [0.05, 0.1) is 0 Å². The van der Waals surface area contributed by atoms with E-state index in [2.05, 4.69) is 17.1 Å². The first kappa shape index (κ1) is 12.9. The maximum atomic E-state index is 12.4. The number of carbonyl (C=O) groups is 1. The highest BCUT2D eigenvalue weighted by molar-refractivity contribution is 5.79. The van der Waals surface area contributed by atoms with Crippen LogP contribution in [0, 0.1) is 11.8 Å². The van der Waals surface area contributed by atoms with Crippen molar-refractivity contribution in [2.45, 2.75) is 51.5 Å². The quantitative estimate of drug-likeness (QED) is 0.798. The van der Waals surface area contributed by atoms with E-state index in [9.17, 15) is 4.79 Å². The van der Waals surface area contributed by atoms with Crippen molar-refractivity contribution in [3.63, 3.8) is 0 Å². The summed E-state index contributed by atoms with van der Waals surface area (Å²) in [6.45, 7) is 4.34. The van der Waals surface area contributed by atoms with Gasteiger partial charge < -0.3 is 10.2 Å². The summed E-state index contributed by atoms with van der Waals surface area (Å²) in [6.07, 6.45) is 7.02. The number of nitrogens with zero attached hydrogens (tertiary/aromatic N) is 1. The van der Waals surface area contributed by atoms with Gasteiger partial charge in [-0.3, -0.25) is 4.79 Å². The van der Waals surface area contributed by atoms with E-state index in [1.54, 1.807) is 0 Å². The van der Waals surface area contributed by atoms with Crippen molar-refractivity contribution < 1.29 is 4.79 Å². The third kappa shape index (κ3) is 3.21. The standard InChI is InChI=1S/C14H26N2O/c1-11-3-5-13(6-4-11)16(2)14(17)12-7-9-15-10-8-12/h11-13,15H,3-10H2,1-2H3. The van der Waals surface area contributed by atoms with E-state index in [0.717, 1.165) is 31.8 Å². The van der Waals surface area contributed by atoms with Gasteiger partial charge in [0.25, 0.3) is 0 Å². The second kappa shape index (κ2) is 5.85. The van der Waals surface area contributed by atoms with Gasteiger partial charge in [0.1, 0.15) is 0 Å². The van der Waals surface area contributed by atoms with Crippen LogP contribution < -0.4 is 5.32 Å². The number of nitrogens with one attached hydrogen (secondary N) is 1. The van der Waals surface area contributed by atoms with Crippen LogP contribution in [0.15, 0.2) is 0 Å². The molecule has 1 saturated heterocycles. The number of piperidine rings is 1. The molecule has 1 N–H and O–H groups in total. The fourth-order valence-corrected chi connectivity index (χ4v) is 3.17. The summed E-state index contributed by atoms with van der Waals surface area (Å²) < 4.78 is 0. The molecule has 17 heavy (non-hydrogen) atoms. The fourth-order valence-electron chi connectivity index (χ4n) is 3.17. The number of hydrogen-bond acceptors (Lipinski definition) is 2. The number of rotatable bonds is 2. The molecule has 1 aliphatic carbocycles. The van der Waals surface area contributed by atoms with Gasteiger partial charge in [-0.15, -0.1) is 0 Å². The first-order valence-corrected chi connectivity index (χ1v) is 7.16. The van der Waals surface area contributed by atoms with Gasteiger partial charge in [0.2, 0.25) is 5.91 Å². The average molecular weight is 238 g/mol. The van der Waals surface area contributed by atoms with E-state index in [1.807, 2.05) is 7.05 Å². The minimum atomic E-state index is 0.278. The average Bonchev–Trinajstić information content (AvgIpc) is 2.39. The lowest BCUT2D eigenvalue weighted by molar-refractivity contribution is -0.137. The maximum absolute atomic E-state index is 12.4. The van der Waals surface area contributed by atoms with Crippen molar-refractivity contribution in [2.75, 3.05) is 20.1 Å². The third-order valence-electron chi connectivity index (χ3n) is 4.57. The van der Waals surface area contributed by atoms with Gasteiger partial charge in [-0.05, 0) is 57.5 Å². The van der Waals surface area contributed by atoms with Gasteiger partial charge in [0, 0.05) is 19.0 Å². The summed E-state index contributed by atoms with van der Waals surface area (Å²) >= 11 is 0. The molecule has 3 nitrogen and oxygen atoms in total. The first-order chi connectivity index (χ1) is 8.18. The van der Waals surface area contributed by atoms with Crippen molar-refractivity contribution >= 4 is 5.91 Å². The smallest absolute Gasteiger partial charge is 0.225 e. The highest BCUT2D eigenvalue weighted by Gasteiger charge is 2.29. The Morgan fingerprint density at radius 1 is 1.06 bits per heavy atom. The number of amides is 1. The van der Waals surface area contributed by atoms with E-state index >= 15 is 0 Å². The molecule has 0 atom stereocenters. The van der Waals surface area contributed by atoms with Crippen molar-refractivity contribution in [1.29, 1.82) is 0 Å². The molecule has 0 spiro atoms. The SMILES string of the molecule is CC1CCC(N(C)C(=O)C2CCNCC2)CC1. The van der Waals surface area contributed by atoms with Crippen molar-refractivity contribution in [3.05, 3.63) is 0 Å². The lowest BCUT2D eigenvalue weighted by atomic mass is 9.86.